The van der Waals surface area contributed by atoms with E-state index in [1.807, 2.05) is 0 Å². The van der Waals surface area contributed by atoms with Crippen LogP contribution in [0, 0.1) is 20.8 Å². The molecule has 2 atom stereocenters. The SMILES string of the molecule is CCCC[Si](C)(c1c(C)cc(C)cc1C)C1c2ccccc2-c2ccc[c]([Ti+3])c21.[Cl-].[Cl-].[Cl-]. The molecule has 1 aliphatic rings. The van der Waals surface area contributed by atoms with E-state index in [2.05, 4.69) is 109 Å². The van der Waals surface area contributed by atoms with E-state index in [4.69, 9.17) is 0 Å². The quantitative estimate of drug-likeness (QED) is 0.310. The smallest absolute Gasteiger partial charge is 1.00 e. The van der Waals surface area contributed by atoms with Crippen molar-refractivity contribution >= 4 is 17.1 Å². The first kappa shape index (κ1) is 29.5. The van der Waals surface area contributed by atoms with Gasteiger partial charge in [-0.25, -0.2) is 0 Å². The van der Waals surface area contributed by atoms with Crippen molar-refractivity contribution in [3.05, 3.63) is 82.4 Å². The third kappa shape index (κ3) is 4.95. The van der Waals surface area contributed by atoms with Gasteiger partial charge in [-0.15, -0.1) is 0 Å². The van der Waals surface area contributed by atoms with Crippen LogP contribution in [-0.4, -0.2) is 8.07 Å². The van der Waals surface area contributed by atoms with Crippen molar-refractivity contribution in [2.75, 3.05) is 0 Å². The zero-order valence-corrected chi connectivity index (χ0v) is 24.4. The Morgan fingerprint density at radius 1 is 0.844 bits per heavy atom. The average Bonchev–Trinajstić information content (AvgIpc) is 3.02. The topological polar surface area (TPSA) is 0 Å². The number of rotatable bonds is 5. The Labute approximate surface area is 225 Å². The van der Waals surface area contributed by atoms with E-state index >= 15 is 0 Å². The molecule has 0 nitrogen and oxygen atoms in total. The molecule has 0 aliphatic heterocycles. The molecular formula is C27H31Cl3SiTi. The maximum absolute atomic E-state index is 2.68. The first-order valence-corrected chi connectivity index (χ1v) is 14.5. The van der Waals surface area contributed by atoms with Crippen LogP contribution in [0.2, 0.25) is 12.6 Å². The summed E-state index contributed by atoms with van der Waals surface area (Å²) in [6.45, 7) is 12.0. The molecule has 0 spiro atoms. The van der Waals surface area contributed by atoms with E-state index < -0.39 is 8.07 Å². The van der Waals surface area contributed by atoms with Gasteiger partial charge in [0.1, 0.15) is 0 Å². The summed E-state index contributed by atoms with van der Waals surface area (Å²) in [4.78, 5) is 0. The van der Waals surface area contributed by atoms with Crippen LogP contribution in [-0.2, 0) is 20.4 Å². The van der Waals surface area contributed by atoms with Crippen molar-refractivity contribution in [2.24, 2.45) is 0 Å². The zero-order valence-electron chi connectivity index (χ0n) is 19.5. The Bertz CT molecular complexity index is 1060. The molecule has 0 radical (unpaired) electrons. The standard InChI is InChI=1S/C27H31Si.3ClH.Ti/c1-6-7-16-28(5,26-20(3)17-19(2)18-21(26)4)27-24-14-10-8-12-22(24)23-13-9-11-15-25(23)27;;;;/h8-14,17-18,27H,6-7,16H2,1-5H3;3*1H;/q;;;;+3/p-3. The maximum Gasteiger partial charge on any atom is -1.00 e. The summed E-state index contributed by atoms with van der Waals surface area (Å²) in [5.41, 5.74) is 11.1. The summed E-state index contributed by atoms with van der Waals surface area (Å²) < 4.78 is 1.46. The molecule has 4 rings (SSSR count). The summed E-state index contributed by atoms with van der Waals surface area (Å²) in [6.07, 6.45) is 2.58. The van der Waals surface area contributed by atoms with E-state index in [0.29, 0.717) is 5.54 Å². The van der Waals surface area contributed by atoms with E-state index in [-0.39, 0.29) is 37.2 Å². The predicted octanol–water partition coefficient (Wildman–Crippen LogP) is -2.77. The van der Waals surface area contributed by atoms with Crippen LogP contribution in [0.15, 0.2) is 54.6 Å². The first-order chi connectivity index (χ1) is 13.9. The molecule has 0 saturated carbocycles. The third-order valence-electron chi connectivity index (χ3n) is 6.89. The number of fused-ring (bicyclic) bond motifs is 3. The summed E-state index contributed by atoms with van der Waals surface area (Å²) in [5, 5.41) is 1.70. The second-order valence-corrected chi connectivity index (χ2v) is 14.3. The van der Waals surface area contributed by atoms with Gasteiger partial charge in [-0.05, 0) is 0 Å². The van der Waals surface area contributed by atoms with Gasteiger partial charge >= 0.3 is 190 Å². The van der Waals surface area contributed by atoms with E-state index in [0.717, 1.165) is 0 Å². The van der Waals surface area contributed by atoms with Crippen molar-refractivity contribution in [1.29, 1.82) is 0 Å². The van der Waals surface area contributed by atoms with Crippen LogP contribution < -0.4 is 46.3 Å². The molecule has 0 bridgehead atoms. The van der Waals surface area contributed by atoms with Gasteiger partial charge in [-0.2, -0.15) is 0 Å². The fourth-order valence-electron chi connectivity index (χ4n) is 5.96. The van der Waals surface area contributed by atoms with Crippen LogP contribution >= 0.6 is 0 Å². The fourth-order valence-corrected chi connectivity index (χ4v) is 12.5. The maximum atomic E-state index is 2.68. The van der Waals surface area contributed by atoms with Gasteiger partial charge < -0.3 is 37.2 Å². The summed E-state index contributed by atoms with van der Waals surface area (Å²) in [5.74, 6) is 0. The Kier molecular flexibility index (Phi) is 10.8. The van der Waals surface area contributed by atoms with Gasteiger partial charge in [0.2, 0.25) is 0 Å². The third-order valence-corrected chi connectivity index (χ3v) is 12.8. The number of aryl methyl sites for hydroxylation is 3. The zero-order chi connectivity index (χ0) is 20.8. The molecule has 0 heterocycles. The Morgan fingerprint density at radius 3 is 2.06 bits per heavy atom. The number of unbranched alkanes of at least 4 members (excludes halogenated alkanes) is 1. The van der Waals surface area contributed by atoms with Crippen molar-refractivity contribution < 1.29 is 57.7 Å². The van der Waals surface area contributed by atoms with Crippen molar-refractivity contribution in [1.82, 2.24) is 0 Å². The van der Waals surface area contributed by atoms with Crippen LogP contribution in [0.25, 0.3) is 11.1 Å². The molecule has 32 heavy (non-hydrogen) atoms. The average molecular weight is 538 g/mol. The Hall–Kier alpha value is -0.539. The normalized spacial score (nSPS) is 15.4. The van der Waals surface area contributed by atoms with E-state index in [1.54, 1.807) is 16.3 Å². The largest absolute Gasteiger partial charge is 1.00 e. The molecule has 0 saturated heterocycles. The van der Waals surface area contributed by atoms with Crippen LogP contribution in [0.4, 0.5) is 0 Å². The van der Waals surface area contributed by atoms with Gasteiger partial charge in [-0.1, -0.05) is 0 Å². The minimum absolute atomic E-state index is 0. The van der Waals surface area contributed by atoms with E-state index in [1.165, 1.54) is 50.6 Å². The molecule has 3 aromatic carbocycles. The van der Waals surface area contributed by atoms with Crippen molar-refractivity contribution in [3.63, 3.8) is 0 Å². The van der Waals surface area contributed by atoms with Crippen LogP contribution in [0.3, 0.4) is 0 Å². The van der Waals surface area contributed by atoms with E-state index in [9.17, 15) is 0 Å². The van der Waals surface area contributed by atoms with Gasteiger partial charge in [-0.3, -0.25) is 0 Å². The first-order valence-electron chi connectivity index (χ1n) is 10.9. The molecule has 168 valence electrons. The fraction of sp³-hybridized carbons (Fsp3) is 0.333. The molecule has 0 aromatic heterocycles. The van der Waals surface area contributed by atoms with Crippen molar-refractivity contribution in [3.8, 4) is 11.1 Å². The van der Waals surface area contributed by atoms with Crippen LogP contribution in [0.1, 0.15) is 53.1 Å². The molecule has 5 heteroatoms. The monoisotopic (exact) mass is 536 g/mol. The number of hydrogen-bond acceptors (Lipinski definition) is 0. The molecule has 0 N–H and O–H groups in total. The summed E-state index contributed by atoms with van der Waals surface area (Å²) in [7, 11) is -1.86. The minimum atomic E-state index is -1.86. The molecular weight excluding hydrogens is 507 g/mol. The second kappa shape index (κ2) is 11.7. The number of halogens is 3. The molecule has 0 amide bonds. The molecule has 3 aromatic rings. The van der Waals surface area contributed by atoms with Gasteiger partial charge in [0.05, 0.1) is 0 Å². The second-order valence-electron chi connectivity index (χ2n) is 9.08. The predicted molar refractivity (Wildman–Crippen MR) is 125 cm³/mol. The number of benzene rings is 3. The Balaban J connectivity index is 0.00000171. The van der Waals surface area contributed by atoms with Crippen molar-refractivity contribution in [2.45, 2.75) is 58.7 Å². The van der Waals surface area contributed by atoms with Gasteiger partial charge in [0, 0.05) is 0 Å². The Morgan fingerprint density at radius 2 is 1.44 bits per heavy atom. The summed E-state index contributed by atoms with van der Waals surface area (Å²) >= 11 is 2.32. The van der Waals surface area contributed by atoms with Gasteiger partial charge in [0.25, 0.3) is 0 Å². The molecule has 0 fully saturated rings. The summed E-state index contributed by atoms with van der Waals surface area (Å²) in [6, 6.07) is 22.3. The molecule has 2 unspecified atom stereocenters. The molecule has 1 aliphatic carbocycles. The van der Waals surface area contributed by atoms with Gasteiger partial charge in [0.15, 0.2) is 0 Å². The minimum Gasteiger partial charge on any atom is -1.00 e. The number of hydrogen-bond donors (Lipinski definition) is 0. The van der Waals surface area contributed by atoms with Crippen LogP contribution in [0.5, 0.6) is 0 Å².